The standard InChI is InChI=1S/Cu.Dy.La.Pd. The quantitative estimate of drug-likeness (QED) is 0.437. The van der Waals surface area contributed by atoms with Crippen LogP contribution in [-0.4, -0.2) is 0 Å². The Balaban J connectivity index is 0. The molecule has 0 unspecified atom stereocenters. The topological polar surface area (TPSA) is 0 Å². The Kier molecular flexibility index (Phi) is 101. The van der Waals surface area contributed by atoms with E-state index < -0.39 is 0 Å². The van der Waals surface area contributed by atoms with Crippen molar-refractivity contribution < 1.29 is 111 Å². The molecule has 0 rings (SSSR count). The Labute approximate surface area is 108 Å². The van der Waals surface area contributed by atoms with Crippen LogP contribution in [0, 0.1) is 73.8 Å². The summed E-state index contributed by atoms with van der Waals surface area (Å²) in [4.78, 5) is 0. The Morgan fingerprint density at radius 1 is 1.00 bits per heavy atom. The van der Waals surface area contributed by atoms with Gasteiger partial charge in [-0.3, -0.25) is 0 Å². The smallest absolute Gasteiger partial charge is 0 e. The van der Waals surface area contributed by atoms with Gasteiger partial charge in [-0.25, -0.2) is 0 Å². The molecule has 0 spiro atoms. The fourth-order valence-corrected chi connectivity index (χ4v) is 0. The van der Waals surface area contributed by atoms with Crippen LogP contribution in [0.4, 0.5) is 0 Å². The molecule has 4 heavy (non-hydrogen) atoms. The molecular formula is CuDyLaPd. The first-order chi connectivity index (χ1) is 0. The van der Waals surface area contributed by atoms with Crippen LogP contribution in [-0.2, 0) is 37.5 Å². The first-order valence-electron chi connectivity index (χ1n) is 0. The fraction of sp³-hybridized carbons (Fsp3) is 0. The second-order valence-electron chi connectivity index (χ2n) is 0. The molecule has 0 N–H and O–H groups in total. The van der Waals surface area contributed by atoms with Gasteiger partial charge in [0, 0.05) is 111 Å². The molecule has 0 aromatic rings. The van der Waals surface area contributed by atoms with Gasteiger partial charge in [0.2, 0.25) is 0 Å². The van der Waals surface area contributed by atoms with Crippen molar-refractivity contribution in [3.8, 4) is 0 Å². The third-order valence-corrected chi connectivity index (χ3v) is 0. The van der Waals surface area contributed by atoms with Gasteiger partial charge in [0.05, 0.1) is 0 Å². The van der Waals surface area contributed by atoms with Crippen molar-refractivity contribution in [3.05, 3.63) is 0 Å². The van der Waals surface area contributed by atoms with Crippen LogP contribution >= 0.6 is 0 Å². The predicted octanol–water partition coefficient (Wildman–Crippen LogP) is -0.00500. The van der Waals surface area contributed by atoms with Crippen LogP contribution < -0.4 is 0 Å². The maximum Gasteiger partial charge on any atom is 0 e. The maximum absolute atomic E-state index is 0. The minimum atomic E-state index is 0. The van der Waals surface area contributed by atoms with Crippen LogP contribution in [0.3, 0.4) is 0 Å². The summed E-state index contributed by atoms with van der Waals surface area (Å²) in [6, 6.07) is 0. The molecular weight excluding hydrogens is 471 g/mol. The fourth-order valence-electron chi connectivity index (χ4n) is 0. The van der Waals surface area contributed by atoms with E-state index in [2.05, 4.69) is 0 Å². The molecule has 0 aromatic carbocycles. The average molecular weight is 471 g/mol. The van der Waals surface area contributed by atoms with E-state index in [1.807, 2.05) is 0 Å². The van der Waals surface area contributed by atoms with E-state index in [4.69, 9.17) is 0 Å². The summed E-state index contributed by atoms with van der Waals surface area (Å²) < 4.78 is 0. The average Bonchev–Trinajstić information content (AvgIpc) is 0. The molecule has 0 atom stereocenters. The van der Waals surface area contributed by atoms with Gasteiger partial charge in [-0.15, -0.1) is 0 Å². The van der Waals surface area contributed by atoms with Crippen LogP contribution in [0.15, 0.2) is 0 Å². The SMILES string of the molecule is [Cu].[Dy].[La].[Pd]. The maximum atomic E-state index is 0. The second-order valence-corrected chi connectivity index (χ2v) is 0. The zero-order chi connectivity index (χ0) is 0. The monoisotopic (exact) mass is 472 g/mol. The van der Waals surface area contributed by atoms with Crippen molar-refractivity contribution >= 4 is 0 Å². The van der Waals surface area contributed by atoms with E-state index in [-0.39, 0.29) is 111 Å². The summed E-state index contributed by atoms with van der Waals surface area (Å²) in [7, 11) is 0. The summed E-state index contributed by atoms with van der Waals surface area (Å²) in [6.07, 6.45) is 0. The molecule has 0 aliphatic rings. The second kappa shape index (κ2) is 15.9. The van der Waals surface area contributed by atoms with E-state index in [9.17, 15) is 0 Å². The molecule has 0 aromatic heterocycles. The summed E-state index contributed by atoms with van der Waals surface area (Å²) in [6.45, 7) is 0. The molecule has 0 heterocycles. The molecule has 0 amide bonds. The third kappa shape index (κ3) is 9.17. The largest absolute Gasteiger partial charge is 0 e. The van der Waals surface area contributed by atoms with E-state index in [1.165, 1.54) is 0 Å². The third-order valence-electron chi connectivity index (χ3n) is 0. The molecule has 0 saturated carbocycles. The molecule has 0 aliphatic carbocycles. The Bertz CT molecular complexity index is 8.00. The van der Waals surface area contributed by atoms with E-state index in [0.717, 1.165) is 0 Å². The molecule has 0 aliphatic heterocycles. The van der Waals surface area contributed by atoms with E-state index in [1.54, 1.807) is 0 Å². The zero-order valence-corrected chi connectivity index (χ0v) is 9.66. The summed E-state index contributed by atoms with van der Waals surface area (Å²) in [5, 5.41) is 0. The Morgan fingerprint density at radius 3 is 1.00 bits per heavy atom. The van der Waals surface area contributed by atoms with Gasteiger partial charge in [0.25, 0.3) is 0 Å². The van der Waals surface area contributed by atoms with Gasteiger partial charge in [-0.2, -0.15) is 0 Å². The van der Waals surface area contributed by atoms with E-state index >= 15 is 0 Å². The Hall–Kier alpha value is 3.65. The molecule has 34 valence electrons. The van der Waals surface area contributed by atoms with Gasteiger partial charge >= 0.3 is 0 Å². The first-order valence-corrected chi connectivity index (χ1v) is 0. The van der Waals surface area contributed by atoms with Gasteiger partial charge in [0.15, 0.2) is 0 Å². The molecule has 0 fully saturated rings. The molecule has 0 saturated heterocycles. The summed E-state index contributed by atoms with van der Waals surface area (Å²) >= 11 is 0. The van der Waals surface area contributed by atoms with Crippen LogP contribution in [0.2, 0.25) is 0 Å². The van der Waals surface area contributed by atoms with Crippen molar-refractivity contribution in [2.24, 2.45) is 0 Å². The summed E-state index contributed by atoms with van der Waals surface area (Å²) in [5.74, 6) is 0. The van der Waals surface area contributed by atoms with Gasteiger partial charge in [0.1, 0.15) is 0 Å². The van der Waals surface area contributed by atoms with Crippen LogP contribution in [0.1, 0.15) is 0 Å². The minimum Gasteiger partial charge on any atom is 0 e. The van der Waals surface area contributed by atoms with Crippen LogP contribution in [0.25, 0.3) is 0 Å². The van der Waals surface area contributed by atoms with E-state index in [0.29, 0.717) is 0 Å². The Morgan fingerprint density at radius 2 is 1.00 bits per heavy atom. The normalized spacial score (nSPS) is 0. The van der Waals surface area contributed by atoms with Crippen molar-refractivity contribution in [3.63, 3.8) is 0 Å². The van der Waals surface area contributed by atoms with Gasteiger partial charge in [-0.1, -0.05) is 0 Å². The van der Waals surface area contributed by atoms with Gasteiger partial charge < -0.3 is 0 Å². The molecule has 0 bridgehead atoms. The summed E-state index contributed by atoms with van der Waals surface area (Å²) in [5.41, 5.74) is 0. The predicted molar refractivity (Wildman–Crippen MR) is 0 cm³/mol. The molecule has 4 heteroatoms. The minimum absolute atomic E-state index is 0. The first kappa shape index (κ1) is 25.4. The number of hydrogen-bond acceptors (Lipinski definition) is 0. The van der Waals surface area contributed by atoms with Gasteiger partial charge in [-0.05, 0) is 0 Å². The van der Waals surface area contributed by atoms with Crippen molar-refractivity contribution in [2.45, 2.75) is 0 Å². The van der Waals surface area contributed by atoms with Crippen molar-refractivity contribution in [1.82, 2.24) is 0 Å². The number of hydrogen-bond donors (Lipinski definition) is 0. The van der Waals surface area contributed by atoms with Crippen LogP contribution in [0.5, 0.6) is 0 Å². The zero-order valence-electron chi connectivity index (χ0n) is 1.51. The van der Waals surface area contributed by atoms with Crippen molar-refractivity contribution in [2.75, 3.05) is 0 Å². The molecule has 2 radical (unpaired) electrons. The van der Waals surface area contributed by atoms with Crippen molar-refractivity contribution in [1.29, 1.82) is 0 Å². The number of rotatable bonds is 0. The molecule has 0 nitrogen and oxygen atoms in total.